The molecule has 4 aromatic carbocycles. The van der Waals surface area contributed by atoms with Crippen molar-refractivity contribution in [2.24, 2.45) is 0 Å². The van der Waals surface area contributed by atoms with Gasteiger partial charge in [-0.25, -0.2) is 0 Å². The Labute approximate surface area is 226 Å². The minimum atomic E-state index is -0.505. The standard InChI is InChI=1S/C35H42NP/c1-26(30-18-10-6-11-19-30)34(27(2)31-20-12-7-13-21-31)36-37(5)35(28(3)32-22-14-8-15-23-32)29(4)33-24-16-9-17-25-33/h6-29,34-36H,1-5H3/t26-,27-,28-,29-,37-/m1/s1. The van der Waals surface area contributed by atoms with E-state index in [1.54, 1.807) is 0 Å². The summed E-state index contributed by atoms with van der Waals surface area (Å²) in [5.74, 6) is 1.67. The summed E-state index contributed by atoms with van der Waals surface area (Å²) in [5.41, 5.74) is 6.14. The predicted octanol–water partition coefficient (Wildman–Crippen LogP) is 9.55. The molecule has 0 unspecified atom stereocenters. The monoisotopic (exact) mass is 507 g/mol. The first kappa shape index (κ1) is 27.3. The van der Waals surface area contributed by atoms with Gasteiger partial charge in [-0.05, 0) is 60.7 Å². The van der Waals surface area contributed by atoms with Gasteiger partial charge in [-0.15, -0.1) is 0 Å². The molecule has 0 aromatic heterocycles. The summed E-state index contributed by atoms with van der Waals surface area (Å²) < 4.78 is 0. The third kappa shape index (κ3) is 6.78. The van der Waals surface area contributed by atoms with E-state index in [4.69, 9.17) is 0 Å². The quantitative estimate of drug-likeness (QED) is 0.199. The van der Waals surface area contributed by atoms with Crippen LogP contribution in [0.4, 0.5) is 0 Å². The van der Waals surface area contributed by atoms with Crippen molar-refractivity contribution < 1.29 is 0 Å². The molecule has 0 amide bonds. The minimum absolute atomic E-state index is 0.328. The van der Waals surface area contributed by atoms with Crippen molar-refractivity contribution in [1.29, 1.82) is 0 Å². The summed E-state index contributed by atoms with van der Waals surface area (Å²) in [4.78, 5) is 0. The summed E-state index contributed by atoms with van der Waals surface area (Å²) in [6.07, 6.45) is 0. The maximum Gasteiger partial charge on any atom is 0.0235 e. The maximum atomic E-state index is 4.28. The number of benzene rings is 4. The normalized spacial score (nSPS) is 15.8. The lowest BCUT2D eigenvalue weighted by molar-refractivity contribution is 0.457. The van der Waals surface area contributed by atoms with Crippen LogP contribution in [0.5, 0.6) is 0 Å². The smallest absolute Gasteiger partial charge is 0.0235 e. The van der Waals surface area contributed by atoms with E-state index in [2.05, 4.69) is 161 Å². The van der Waals surface area contributed by atoms with Crippen molar-refractivity contribution in [2.45, 2.75) is 63.1 Å². The summed E-state index contributed by atoms with van der Waals surface area (Å²) in [5, 5.41) is 4.28. The van der Waals surface area contributed by atoms with Crippen LogP contribution < -0.4 is 5.09 Å². The van der Waals surface area contributed by atoms with Crippen LogP contribution in [0.1, 0.15) is 73.6 Å². The molecule has 1 nitrogen and oxygen atoms in total. The highest BCUT2D eigenvalue weighted by atomic mass is 31.1. The molecule has 0 radical (unpaired) electrons. The summed E-state index contributed by atoms with van der Waals surface area (Å²) in [6, 6.07) is 44.5. The van der Waals surface area contributed by atoms with Crippen molar-refractivity contribution in [2.75, 3.05) is 6.66 Å². The van der Waals surface area contributed by atoms with Crippen molar-refractivity contribution in [3.05, 3.63) is 144 Å². The summed E-state index contributed by atoms with van der Waals surface area (Å²) >= 11 is 0. The lowest BCUT2D eigenvalue weighted by atomic mass is 9.83. The van der Waals surface area contributed by atoms with Crippen LogP contribution in [0.15, 0.2) is 121 Å². The first-order valence-electron chi connectivity index (χ1n) is 13.7. The molecule has 2 heteroatoms. The SMILES string of the molecule is C[C@H](c1ccccc1)C(N[P@](C)C([C@H](C)c1ccccc1)[C@H](C)c1ccccc1)[C@H](C)c1ccccc1. The van der Waals surface area contributed by atoms with Crippen molar-refractivity contribution >= 4 is 8.07 Å². The molecule has 37 heavy (non-hydrogen) atoms. The highest BCUT2D eigenvalue weighted by Crippen LogP contribution is 2.50. The van der Waals surface area contributed by atoms with Crippen LogP contribution in [-0.2, 0) is 0 Å². The van der Waals surface area contributed by atoms with Gasteiger partial charge in [0, 0.05) is 11.7 Å². The van der Waals surface area contributed by atoms with Crippen LogP contribution in [0.25, 0.3) is 0 Å². The summed E-state index contributed by atoms with van der Waals surface area (Å²) in [6.45, 7) is 12.1. The molecular formula is C35H42NP. The highest BCUT2D eigenvalue weighted by Gasteiger charge is 2.35. The Hall–Kier alpha value is -2.73. The van der Waals surface area contributed by atoms with E-state index in [-0.39, 0.29) is 0 Å². The van der Waals surface area contributed by atoms with E-state index in [0.717, 1.165) is 0 Å². The van der Waals surface area contributed by atoms with Gasteiger partial charge in [0.1, 0.15) is 0 Å². The molecule has 0 heterocycles. The molecule has 0 bridgehead atoms. The van der Waals surface area contributed by atoms with Crippen LogP contribution >= 0.6 is 8.07 Å². The van der Waals surface area contributed by atoms with Crippen molar-refractivity contribution in [3.63, 3.8) is 0 Å². The lowest BCUT2D eigenvalue weighted by Crippen LogP contribution is -2.38. The zero-order chi connectivity index (χ0) is 26.2. The van der Waals surface area contributed by atoms with Gasteiger partial charge in [-0.3, -0.25) is 5.09 Å². The molecule has 0 aliphatic rings. The maximum absolute atomic E-state index is 4.28. The topological polar surface area (TPSA) is 12.0 Å². The van der Waals surface area contributed by atoms with E-state index < -0.39 is 8.07 Å². The second-order valence-corrected chi connectivity index (χ2v) is 12.6. The predicted molar refractivity (Wildman–Crippen MR) is 163 cm³/mol. The number of nitrogens with one attached hydrogen (secondary N) is 1. The molecule has 1 N–H and O–H groups in total. The van der Waals surface area contributed by atoms with E-state index in [1.807, 2.05) is 0 Å². The zero-order valence-electron chi connectivity index (χ0n) is 23.0. The minimum Gasteiger partial charge on any atom is -0.291 e. The molecule has 192 valence electrons. The van der Waals surface area contributed by atoms with Gasteiger partial charge < -0.3 is 0 Å². The fourth-order valence-corrected chi connectivity index (χ4v) is 8.69. The fraction of sp³-hybridized carbons (Fsp3) is 0.314. The Morgan fingerprint density at radius 2 is 0.703 bits per heavy atom. The van der Waals surface area contributed by atoms with E-state index in [0.29, 0.717) is 35.4 Å². The largest absolute Gasteiger partial charge is 0.291 e. The fourth-order valence-electron chi connectivity index (χ4n) is 5.92. The highest BCUT2D eigenvalue weighted by molar-refractivity contribution is 7.55. The Morgan fingerprint density at radius 1 is 0.432 bits per heavy atom. The van der Waals surface area contributed by atoms with Crippen molar-refractivity contribution in [3.8, 4) is 0 Å². The molecule has 0 aliphatic carbocycles. The van der Waals surface area contributed by atoms with Crippen LogP contribution in [0, 0.1) is 0 Å². The van der Waals surface area contributed by atoms with Gasteiger partial charge in [-0.1, -0.05) is 149 Å². The Morgan fingerprint density at radius 3 is 1.00 bits per heavy atom. The molecule has 0 spiro atoms. The second-order valence-electron chi connectivity index (χ2n) is 10.6. The van der Waals surface area contributed by atoms with Gasteiger partial charge in [-0.2, -0.15) is 0 Å². The van der Waals surface area contributed by atoms with Crippen molar-refractivity contribution in [1.82, 2.24) is 5.09 Å². The Balaban J connectivity index is 1.69. The van der Waals surface area contributed by atoms with E-state index >= 15 is 0 Å². The Bertz CT molecular complexity index is 1090. The van der Waals surface area contributed by atoms with Gasteiger partial charge in [0.05, 0.1) is 0 Å². The third-order valence-electron chi connectivity index (χ3n) is 8.20. The van der Waals surface area contributed by atoms with Gasteiger partial charge in [0.15, 0.2) is 0 Å². The average molecular weight is 508 g/mol. The molecule has 0 fully saturated rings. The summed E-state index contributed by atoms with van der Waals surface area (Å²) in [7, 11) is -0.505. The first-order chi connectivity index (χ1) is 18.0. The average Bonchev–Trinajstić information content (AvgIpc) is 2.97. The van der Waals surface area contributed by atoms with Gasteiger partial charge >= 0.3 is 0 Å². The van der Waals surface area contributed by atoms with Crippen LogP contribution in [0.2, 0.25) is 0 Å². The molecule has 4 rings (SSSR count). The number of rotatable bonds is 11. The van der Waals surface area contributed by atoms with Crippen LogP contribution in [-0.4, -0.2) is 18.4 Å². The third-order valence-corrected chi connectivity index (χ3v) is 10.7. The van der Waals surface area contributed by atoms with Gasteiger partial charge in [0.25, 0.3) is 0 Å². The molecule has 0 saturated heterocycles. The molecule has 5 atom stereocenters. The molecular weight excluding hydrogens is 465 g/mol. The molecule has 0 aliphatic heterocycles. The van der Waals surface area contributed by atoms with Gasteiger partial charge in [0.2, 0.25) is 0 Å². The second kappa shape index (κ2) is 13.2. The van der Waals surface area contributed by atoms with E-state index in [1.165, 1.54) is 22.3 Å². The molecule has 0 saturated carbocycles. The Kier molecular flexibility index (Phi) is 9.73. The first-order valence-corrected chi connectivity index (χ1v) is 15.5. The number of hydrogen-bond donors (Lipinski definition) is 1. The zero-order valence-corrected chi connectivity index (χ0v) is 23.9. The lowest BCUT2D eigenvalue weighted by Gasteiger charge is -2.41. The van der Waals surface area contributed by atoms with E-state index in [9.17, 15) is 0 Å². The van der Waals surface area contributed by atoms with Crippen LogP contribution in [0.3, 0.4) is 0 Å². The molecule has 4 aromatic rings. The number of hydrogen-bond acceptors (Lipinski definition) is 1.